The van der Waals surface area contributed by atoms with E-state index < -0.39 is 5.97 Å². The lowest BCUT2D eigenvalue weighted by molar-refractivity contribution is -0.136. The first-order chi connectivity index (χ1) is 12.3. The Bertz CT molecular complexity index is 1020. The molecule has 0 bridgehead atoms. The van der Waals surface area contributed by atoms with E-state index in [0.717, 1.165) is 0 Å². The Kier molecular flexibility index (Phi) is 4.94. The zero-order valence-corrected chi connectivity index (χ0v) is 15.6. The molecule has 0 aliphatic heterocycles. The molecule has 26 heavy (non-hydrogen) atoms. The fourth-order valence-electron chi connectivity index (χ4n) is 3.03. The number of aromatic nitrogens is 1. The monoisotopic (exact) mass is 391 g/mol. The molecule has 2 aromatic carbocycles. The first kappa shape index (κ1) is 18.3. The Balaban J connectivity index is 2.30. The molecule has 0 aliphatic carbocycles. The summed E-state index contributed by atoms with van der Waals surface area (Å²) in [6, 6.07) is 9.86. The van der Waals surface area contributed by atoms with Crippen LogP contribution in [0.3, 0.4) is 0 Å². The van der Waals surface area contributed by atoms with Gasteiger partial charge in [-0.3, -0.25) is 14.2 Å². The van der Waals surface area contributed by atoms with Crippen molar-refractivity contribution < 1.29 is 19.4 Å². The standard InChI is InChI=1S/C19H15Cl2NO4/c1-10-13(9-16(23)24)17-14(7-8-15(26-2)18(17)21)22(10)19(25)11-3-5-12(20)6-4-11/h3-8H,9H2,1-2H3,(H,23,24). The van der Waals surface area contributed by atoms with Crippen molar-refractivity contribution in [1.82, 2.24) is 4.57 Å². The van der Waals surface area contributed by atoms with E-state index in [1.807, 2.05) is 0 Å². The zero-order valence-electron chi connectivity index (χ0n) is 14.0. The summed E-state index contributed by atoms with van der Waals surface area (Å²) in [6.07, 6.45) is -0.254. The summed E-state index contributed by atoms with van der Waals surface area (Å²) in [4.78, 5) is 24.4. The Hall–Kier alpha value is -2.50. The number of carbonyl (C=O) groups excluding carboxylic acids is 1. The van der Waals surface area contributed by atoms with Gasteiger partial charge in [-0.15, -0.1) is 0 Å². The number of fused-ring (bicyclic) bond motifs is 1. The van der Waals surface area contributed by atoms with Crippen LogP contribution in [0.5, 0.6) is 5.75 Å². The molecule has 7 heteroatoms. The average molecular weight is 392 g/mol. The lowest BCUT2D eigenvalue weighted by Gasteiger charge is -2.08. The number of hydrogen-bond donors (Lipinski definition) is 1. The zero-order chi connectivity index (χ0) is 19.0. The minimum absolute atomic E-state index is 0.254. The SMILES string of the molecule is COc1ccc2c(c1Cl)c(CC(=O)O)c(C)n2C(=O)c1ccc(Cl)cc1. The van der Waals surface area contributed by atoms with Crippen LogP contribution in [0.2, 0.25) is 10.0 Å². The maximum absolute atomic E-state index is 13.1. The minimum Gasteiger partial charge on any atom is -0.495 e. The van der Waals surface area contributed by atoms with Gasteiger partial charge in [0, 0.05) is 21.7 Å². The molecule has 0 aliphatic rings. The van der Waals surface area contributed by atoms with Gasteiger partial charge in [-0.1, -0.05) is 23.2 Å². The summed E-state index contributed by atoms with van der Waals surface area (Å²) >= 11 is 12.3. The molecular formula is C19H15Cl2NO4. The molecule has 0 spiro atoms. The maximum Gasteiger partial charge on any atom is 0.307 e. The van der Waals surface area contributed by atoms with E-state index >= 15 is 0 Å². The topological polar surface area (TPSA) is 68.5 Å². The molecule has 3 rings (SSSR count). The van der Waals surface area contributed by atoms with Gasteiger partial charge in [-0.05, 0) is 48.9 Å². The number of ether oxygens (including phenoxy) is 1. The Morgan fingerprint density at radius 2 is 1.77 bits per heavy atom. The van der Waals surface area contributed by atoms with Crippen LogP contribution in [0.15, 0.2) is 36.4 Å². The molecule has 0 amide bonds. The highest BCUT2D eigenvalue weighted by molar-refractivity contribution is 6.37. The van der Waals surface area contributed by atoms with Crippen molar-refractivity contribution in [3.63, 3.8) is 0 Å². The molecule has 0 saturated heterocycles. The molecule has 0 saturated carbocycles. The molecule has 1 heterocycles. The van der Waals surface area contributed by atoms with E-state index in [9.17, 15) is 14.7 Å². The molecular weight excluding hydrogens is 377 g/mol. The molecule has 1 N–H and O–H groups in total. The summed E-state index contributed by atoms with van der Waals surface area (Å²) in [7, 11) is 1.48. The van der Waals surface area contributed by atoms with Crippen molar-refractivity contribution in [2.45, 2.75) is 13.3 Å². The van der Waals surface area contributed by atoms with Crippen LogP contribution in [0.25, 0.3) is 10.9 Å². The molecule has 0 atom stereocenters. The number of carboxylic acid groups (broad SMARTS) is 1. The second-order valence-corrected chi connectivity index (χ2v) is 6.57. The van der Waals surface area contributed by atoms with Crippen LogP contribution in [-0.4, -0.2) is 28.7 Å². The van der Waals surface area contributed by atoms with E-state index in [1.165, 1.54) is 11.7 Å². The molecule has 0 unspecified atom stereocenters. The molecule has 5 nitrogen and oxygen atoms in total. The van der Waals surface area contributed by atoms with Gasteiger partial charge in [-0.25, -0.2) is 0 Å². The lowest BCUT2D eigenvalue weighted by Crippen LogP contribution is -2.14. The van der Waals surface area contributed by atoms with Crippen LogP contribution >= 0.6 is 23.2 Å². The normalized spacial score (nSPS) is 10.9. The Labute approximate surface area is 159 Å². The third-order valence-corrected chi connectivity index (χ3v) is 4.87. The van der Waals surface area contributed by atoms with E-state index in [1.54, 1.807) is 43.3 Å². The molecule has 0 fully saturated rings. The van der Waals surface area contributed by atoms with Crippen LogP contribution < -0.4 is 4.74 Å². The highest BCUT2D eigenvalue weighted by Crippen LogP contribution is 2.38. The maximum atomic E-state index is 13.1. The number of methoxy groups -OCH3 is 1. The van der Waals surface area contributed by atoms with Crippen molar-refractivity contribution in [3.8, 4) is 5.75 Å². The van der Waals surface area contributed by atoms with Crippen molar-refractivity contribution in [1.29, 1.82) is 0 Å². The number of benzene rings is 2. The highest BCUT2D eigenvalue weighted by Gasteiger charge is 2.24. The van der Waals surface area contributed by atoms with Gasteiger partial charge in [0.1, 0.15) is 5.75 Å². The van der Waals surface area contributed by atoms with Crippen LogP contribution in [0, 0.1) is 6.92 Å². The average Bonchev–Trinajstić information content (AvgIpc) is 2.87. The molecule has 0 radical (unpaired) electrons. The van der Waals surface area contributed by atoms with Crippen molar-refractivity contribution >= 4 is 46.0 Å². The van der Waals surface area contributed by atoms with Crippen molar-refractivity contribution in [3.05, 3.63) is 63.3 Å². The molecule has 134 valence electrons. The van der Waals surface area contributed by atoms with E-state index in [4.69, 9.17) is 27.9 Å². The fourth-order valence-corrected chi connectivity index (χ4v) is 3.50. The number of rotatable bonds is 4. The summed E-state index contributed by atoms with van der Waals surface area (Å²) in [6.45, 7) is 1.70. The van der Waals surface area contributed by atoms with Gasteiger partial charge in [0.15, 0.2) is 0 Å². The Morgan fingerprint density at radius 3 is 2.35 bits per heavy atom. The number of halogens is 2. The van der Waals surface area contributed by atoms with Crippen LogP contribution in [0.1, 0.15) is 21.6 Å². The summed E-state index contributed by atoms with van der Waals surface area (Å²) < 4.78 is 6.71. The number of carbonyl (C=O) groups is 2. The summed E-state index contributed by atoms with van der Waals surface area (Å²) in [5.41, 5.74) is 1.98. The quantitative estimate of drug-likeness (QED) is 0.706. The van der Waals surface area contributed by atoms with Gasteiger partial charge in [0.2, 0.25) is 0 Å². The van der Waals surface area contributed by atoms with Crippen LogP contribution in [-0.2, 0) is 11.2 Å². The first-order valence-electron chi connectivity index (χ1n) is 7.73. The van der Waals surface area contributed by atoms with E-state index in [2.05, 4.69) is 0 Å². The molecule has 1 aromatic heterocycles. The number of aliphatic carboxylic acids is 1. The van der Waals surface area contributed by atoms with Crippen LogP contribution in [0.4, 0.5) is 0 Å². The highest BCUT2D eigenvalue weighted by atomic mass is 35.5. The van der Waals surface area contributed by atoms with Gasteiger partial charge in [0.05, 0.1) is 24.1 Å². The first-order valence-corrected chi connectivity index (χ1v) is 8.49. The van der Waals surface area contributed by atoms with Gasteiger partial charge >= 0.3 is 5.97 Å². The third-order valence-electron chi connectivity index (χ3n) is 4.24. The van der Waals surface area contributed by atoms with E-state index in [-0.39, 0.29) is 17.4 Å². The smallest absolute Gasteiger partial charge is 0.307 e. The largest absolute Gasteiger partial charge is 0.495 e. The Morgan fingerprint density at radius 1 is 1.12 bits per heavy atom. The summed E-state index contributed by atoms with van der Waals surface area (Å²) in [5, 5.41) is 10.6. The van der Waals surface area contributed by atoms with E-state index in [0.29, 0.717) is 38.5 Å². The second kappa shape index (κ2) is 7.02. The summed E-state index contributed by atoms with van der Waals surface area (Å²) in [5.74, 6) is -0.881. The van der Waals surface area contributed by atoms with Gasteiger partial charge < -0.3 is 9.84 Å². The number of hydrogen-bond acceptors (Lipinski definition) is 3. The third kappa shape index (κ3) is 3.04. The van der Waals surface area contributed by atoms with Gasteiger partial charge in [-0.2, -0.15) is 0 Å². The second-order valence-electron chi connectivity index (χ2n) is 5.76. The van der Waals surface area contributed by atoms with Gasteiger partial charge in [0.25, 0.3) is 5.91 Å². The number of nitrogens with zero attached hydrogens (tertiary/aromatic N) is 1. The lowest BCUT2D eigenvalue weighted by atomic mass is 10.1. The predicted octanol–water partition coefficient (Wildman–Crippen LogP) is 4.58. The van der Waals surface area contributed by atoms with Crippen molar-refractivity contribution in [2.24, 2.45) is 0 Å². The minimum atomic E-state index is -1.01. The molecule has 3 aromatic rings. The number of carboxylic acids is 1. The van der Waals surface area contributed by atoms with Crippen molar-refractivity contribution in [2.75, 3.05) is 7.11 Å². The predicted molar refractivity (Wildman–Crippen MR) is 101 cm³/mol. The fraction of sp³-hybridized carbons (Fsp3) is 0.158.